The minimum absolute atomic E-state index is 0.0783. The highest BCUT2D eigenvalue weighted by molar-refractivity contribution is 6.09. The van der Waals surface area contributed by atoms with Crippen LogP contribution in [0.15, 0.2) is 65.1 Å². The Bertz CT molecular complexity index is 1180. The molecule has 0 bridgehead atoms. The number of para-hydroxylation sites is 1. The summed E-state index contributed by atoms with van der Waals surface area (Å²) in [5, 5.41) is 15.8. The molecule has 4 rings (SSSR count). The molecule has 0 aliphatic carbocycles. The lowest BCUT2D eigenvalue weighted by Gasteiger charge is -2.08. The Kier molecular flexibility index (Phi) is 3.65. The zero-order valence-electron chi connectivity index (χ0n) is 13.9. The van der Waals surface area contributed by atoms with Crippen LogP contribution < -0.4 is 5.32 Å². The van der Waals surface area contributed by atoms with Crippen molar-refractivity contribution in [1.82, 2.24) is 0 Å². The number of anilines is 1. The zero-order chi connectivity index (χ0) is 18.3. The van der Waals surface area contributed by atoms with Crippen LogP contribution in [0.1, 0.15) is 15.9 Å². The molecular formula is C20H14N2O4. The molecule has 1 heterocycles. The molecule has 0 fully saturated rings. The maximum Gasteiger partial charge on any atom is 0.273 e. The van der Waals surface area contributed by atoms with E-state index < -0.39 is 10.8 Å². The summed E-state index contributed by atoms with van der Waals surface area (Å²) in [6.45, 7) is 1.56. The van der Waals surface area contributed by atoms with Gasteiger partial charge < -0.3 is 9.73 Å². The highest BCUT2D eigenvalue weighted by Crippen LogP contribution is 2.30. The van der Waals surface area contributed by atoms with E-state index in [-0.39, 0.29) is 11.3 Å². The molecule has 0 saturated carbocycles. The molecule has 0 saturated heterocycles. The van der Waals surface area contributed by atoms with E-state index in [0.29, 0.717) is 16.8 Å². The van der Waals surface area contributed by atoms with Gasteiger partial charge in [-0.3, -0.25) is 14.9 Å². The first-order chi connectivity index (χ1) is 12.5. The highest BCUT2D eigenvalue weighted by Gasteiger charge is 2.18. The number of rotatable bonds is 3. The summed E-state index contributed by atoms with van der Waals surface area (Å²) in [5.74, 6) is -0.401. The highest BCUT2D eigenvalue weighted by atomic mass is 16.6. The molecule has 0 atom stereocenters. The number of fused-ring (bicyclic) bond motifs is 3. The van der Waals surface area contributed by atoms with E-state index in [1.165, 1.54) is 12.1 Å². The van der Waals surface area contributed by atoms with Crippen molar-refractivity contribution in [3.8, 4) is 0 Å². The van der Waals surface area contributed by atoms with Crippen LogP contribution in [0.2, 0.25) is 0 Å². The molecule has 128 valence electrons. The lowest BCUT2D eigenvalue weighted by Crippen LogP contribution is -2.14. The molecule has 0 aliphatic heterocycles. The summed E-state index contributed by atoms with van der Waals surface area (Å²) in [5.41, 5.74) is 2.53. The van der Waals surface area contributed by atoms with E-state index in [2.05, 4.69) is 5.32 Å². The van der Waals surface area contributed by atoms with Gasteiger partial charge in [0.2, 0.25) is 0 Å². The summed E-state index contributed by atoms with van der Waals surface area (Å²) in [6, 6.07) is 17.6. The second-order valence-electron chi connectivity index (χ2n) is 5.97. The van der Waals surface area contributed by atoms with E-state index in [0.717, 1.165) is 16.4 Å². The van der Waals surface area contributed by atoms with Gasteiger partial charge in [0.05, 0.1) is 4.92 Å². The second-order valence-corrected chi connectivity index (χ2v) is 5.97. The molecule has 3 aromatic carbocycles. The van der Waals surface area contributed by atoms with Crippen LogP contribution >= 0.6 is 0 Å². The molecule has 0 aliphatic rings. The standard InChI is InChI=1S/C20H14N2O4/c1-12-14(6-4-7-17(12)22(24)25)20(23)21-13-9-10-16-15-5-2-3-8-18(15)26-19(16)11-13/h2-11H,1H3,(H,21,23). The normalized spacial score (nSPS) is 11.0. The van der Waals surface area contributed by atoms with Crippen molar-refractivity contribution in [3.63, 3.8) is 0 Å². The van der Waals surface area contributed by atoms with Gasteiger partial charge in [0.25, 0.3) is 11.6 Å². The van der Waals surface area contributed by atoms with Crippen molar-refractivity contribution in [1.29, 1.82) is 0 Å². The summed E-state index contributed by atoms with van der Waals surface area (Å²) in [4.78, 5) is 23.1. The fraction of sp³-hybridized carbons (Fsp3) is 0.0500. The number of carbonyl (C=O) groups excluding carboxylic acids is 1. The zero-order valence-corrected chi connectivity index (χ0v) is 13.9. The maximum atomic E-state index is 12.6. The fourth-order valence-electron chi connectivity index (χ4n) is 3.07. The van der Waals surface area contributed by atoms with Crippen LogP contribution in [0.25, 0.3) is 21.9 Å². The first kappa shape index (κ1) is 15.8. The third-order valence-corrected chi connectivity index (χ3v) is 4.38. The van der Waals surface area contributed by atoms with E-state index in [9.17, 15) is 14.9 Å². The number of carbonyl (C=O) groups is 1. The quantitative estimate of drug-likeness (QED) is 0.415. The first-order valence-electron chi connectivity index (χ1n) is 8.01. The van der Waals surface area contributed by atoms with Crippen molar-refractivity contribution in [2.45, 2.75) is 6.92 Å². The Hall–Kier alpha value is -3.67. The minimum Gasteiger partial charge on any atom is -0.456 e. The van der Waals surface area contributed by atoms with E-state index in [4.69, 9.17) is 4.42 Å². The van der Waals surface area contributed by atoms with Crippen molar-refractivity contribution < 1.29 is 14.1 Å². The first-order valence-corrected chi connectivity index (χ1v) is 8.01. The van der Waals surface area contributed by atoms with Gasteiger partial charge >= 0.3 is 0 Å². The fourth-order valence-corrected chi connectivity index (χ4v) is 3.07. The van der Waals surface area contributed by atoms with Gasteiger partial charge in [-0.15, -0.1) is 0 Å². The summed E-state index contributed by atoms with van der Waals surface area (Å²) >= 11 is 0. The molecule has 0 unspecified atom stereocenters. The number of nitro benzene ring substituents is 1. The van der Waals surface area contributed by atoms with Crippen LogP contribution in [0, 0.1) is 17.0 Å². The number of hydrogen-bond acceptors (Lipinski definition) is 4. The molecule has 0 radical (unpaired) electrons. The van der Waals surface area contributed by atoms with Gasteiger partial charge in [-0.1, -0.05) is 24.3 Å². The summed E-state index contributed by atoms with van der Waals surface area (Å²) < 4.78 is 5.81. The molecule has 1 N–H and O–H groups in total. The third-order valence-electron chi connectivity index (χ3n) is 4.38. The number of nitrogens with zero attached hydrogens (tertiary/aromatic N) is 1. The Balaban J connectivity index is 1.69. The van der Waals surface area contributed by atoms with Crippen LogP contribution in [-0.2, 0) is 0 Å². The molecule has 26 heavy (non-hydrogen) atoms. The smallest absolute Gasteiger partial charge is 0.273 e. The molecule has 0 spiro atoms. The Morgan fingerprint density at radius 2 is 1.77 bits per heavy atom. The van der Waals surface area contributed by atoms with Crippen molar-refractivity contribution >= 4 is 39.2 Å². The lowest BCUT2D eigenvalue weighted by atomic mass is 10.1. The third kappa shape index (κ3) is 2.57. The van der Waals surface area contributed by atoms with Crippen molar-refractivity contribution in [2.75, 3.05) is 5.32 Å². The molecular weight excluding hydrogens is 332 g/mol. The van der Waals surface area contributed by atoms with E-state index in [1.54, 1.807) is 25.1 Å². The van der Waals surface area contributed by atoms with E-state index in [1.807, 2.05) is 30.3 Å². The van der Waals surface area contributed by atoms with Gasteiger partial charge in [-0.2, -0.15) is 0 Å². The van der Waals surface area contributed by atoms with Crippen LogP contribution in [0.5, 0.6) is 0 Å². The number of amides is 1. The molecule has 1 aromatic heterocycles. The number of benzene rings is 3. The van der Waals surface area contributed by atoms with Gasteiger partial charge in [-0.25, -0.2) is 0 Å². The minimum atomic E-state index is -0.493. The monoisotopic (exact) mass is 346 g/mol. The summed E-state index contributed by atoms with van der Waals surface area (Å²) in [6.07, 6.45) is 0. The Labute approximate surface area is 148 Å². The van der Waals surface area contributed by atoms with Crippen LogP contribution in [0.3, 0.4) is 0 Å². The van der Waals surface area contributed by atoms with Crippen LogP contribution in [-0.4, -0.2) is 10.8 Å². The predicted molar refractivity (Wildman–Crippen MR) is 99.5 cm³/mol. The predicted octanol–water partition coefficient (Wildman–Crippen LogP) is 5.05. The van der Waals surface area contributed by atoms with E-state index >= 15 is 0 Å². The number of hydrogen-bond donors (Lipinski definition) is 1. The largest absolute Gasteiger partial charge is 0.456 e. The molecule has 6 nitrogen and oxygen atoms in total. The van der Waals surface area contributed by atoms with Crippen molar-refractivity contribution in [3.05, 3.63) is 81.9 Å². The maximum absolute atomic E-state index is 12.6. The van der Waals surface area contributed by atoms with Gasteiger partial charge in [0, 0.05) is 39.7 Å². The molecule has 6 heteroatoms. The van der Waals surface area contributed by atoms with Gasteiger partial charge in [0.15, 0.2) is 0 Å². The topological polar surface area (TPSA) is 85.4 Å². The molecule has 1 amide bonds. The average Bonchev–Trinajstić information content (AvgIpc) is 2.99. The van der Waals surface area contributed by atoms with Gasteiger partial charge in [0.1, 0.15) is 11.2 Å². The van der Waals surface area contributed by atoms with Crippen molar-refractivity contribution in [2.24, 2.45) is 0 Å². The SMILES string of the molecule is Cc1c(C(=O)Nc2ccc3c(c2)oc2ccccc23)cccc1[N+](=O)[O-]. The number of nitrogens with one attached hydrogen (secondary N) is 1. The second kappa shape index (κ2) is 6.00. The molecule has 4 aromatic rings. The van der Waals surface area contributed by atoms with Crippen LogP contribution in [0.4, 0.5) is 11.4 Å². The number of nitro groups is 1. The Morgan fingerprint density at radius 3 is 2.58 bits per heavy atom. The van der Waals surface area contributed by atoms with Gasteiger partial charge in [-0.05, 0) is 31.2 Å². The number of furan rings is 1. The Morgan fingerprint density at radius 1 is 1.00 bits per heavy atom. The average molecular weight is 346 g/mol. The summed E-state index contributed by atoms with van der Waals surface area (Å²) in [7, 11) is 0. The lowest BCUT2D eigenvalue weighted by molar-refractivity contribution is -0.385.